The molecule has 1 aliphatic rings. The summed E-state index contributed by atoms with van der Waals surface area (Å²) in [7, 11) is 0. The van der Waals surface area contributed by atoms with Crippen molar-refractivity contribution in [3.63, 3.8) is 0 Å². The number of aliphatic carboxylic acids is 1. The Morgan fingerprint density at radius 3 is 2.86 bits per heavy atom. The zero-order valence-electron chi connectivity index (χ0n) is 11.4. The van der Waals surface area contributed by atoms with Crippen LogP contribution in [0.2, 0.25) is 0 Å². The van der Waals surface area contributed by atoms with Crippen molar-refractivity contribution in [1.82, 2.24) is 10.2 Å². The summed E-state index contributed by atoms with van der Waals surface area (Å²) < 4.78 is 0. The maximum atomic E-state index is 12.4. The van der Waals surface area contributed by atoms with E-state index in [2.05, 4.69) is 5.32 Å². The molecule has 21 heavy (non-hydrogen) atoms. The lowest BCUT2D eigenvalue weighted by atomic mass is 10.2. The van der Waals surface area contributed by atoms with Crippen molar-refractivity contribution in [3.05, 3.63) is 22.4 Å². The number of hydrogen-bond donors (Lipinski definition) is 2. The van der Waals surface area contributed by atoms with Gasteiger partial charge in [0.2, 0.25) is 5.91 Å². The second kappa shape index (κ2) is 6.95. The molecule has 1 aliphatic heterocycles. The molecule has 0 aromatic carbocycles. The van der Waals surface area contributed by atoms with Gasteiger partial charge in [0, 0.05) is 18.1 Å². The van der Waals surface area contributed by atoms with Crippen LogP contribution in [0.5, 0.6) is 0 Å². The summed E-state index contributed by atoms with van der Waals surface area (Å²) in [6, 6.07) is 1.87. The molecule has 1 aromatic rings. The minimum Gasteiger partial charge on any atom is -0.480 e. The van der Waals surface area contributed by atoms with Gasteiger partial charge >= 0.3 is 5.97 Å². The standard InChI is InChI=1S/C13H16N2O4S2/c1-8(14-11(16)10-3-2-5-21-10)12(17)15-4-6-20-7-9(15)13(18)19/h2-3,5,8-9H,4,6-7H2,1H3,(H,14,16)(H,18,19). The lowest BCUT2D eigenvalue weighted by Crippen LogP contribution is -2.56. The van der Waals surface area contributed by atoms with Crippen LogP contribution in [0.15, 0.2) is 17.5 Å². The number of nitrogens with zero attached hydrogens (tertiary/aromatic N) is 1. The lowest BCUT2D eigenvalue weighted by molar-refractivity contribution is -0.149. The van der Waals surface area contributed by atoms with Crippen LogP contribution in [0, 0.1) is 0 Å². The van der Waals surface area contributed by atoms with E-state index >= 15 is 0 Å². The molecule has 0 aliphatic carbocycles. The normalized spacial score (nSPS) is 19.9. The first-order valence-electron chi connectivity index (χ1n) is 6.46. The number of thioether (sulfide) groups is 1. The monoisotopic (exact) mass is 328 g/mol. The molecule has 0 bridgehead atoms. The number of hydrogen-bond acceptors (Lipinski definition) is 5. The fourth-order valence-corrected chi connectivity index (χ4v) is 3.72. The van der Waals surface area contributed by atoms with E-state index in [0.29, 0.717) is 22.9 Å². The van der Waals surface area contributed by atoms with Crippen LogP contribution in [-0.4, -0.2) is 57.9 Å². The van der Waals surface area contributed by atoms with Gasteiger partial charge in [-0.25, -0.2) is 4.79 Å². The Labute approximate surface area is 130 Å². The van der Waals surface area contributed by atoms with Crippen molar-refractivity contribution < 1.29 is 19.5 Å². The third kappa shape index (κ3) is 3.76. The van der Waals surface area contributed by atoms with Crippen LogP contribution < -0.4 is 5.32 Å². The van der Waals surface area contributed by atoms with Crippen molar-refractivity contribution in [2.75, 3.05) is 18.1 Å². The maximum Gasteiger partial charge on any atom is 0.327 e. The van der Waals surface area contributed by atoms with Crippen LogP contribution in [-0.2, 0) is 9.59 Å². The molecular weight excluding hydrogens is 312 g/mol. The molecule has 2 amide bonds. The van der Waals surface area contributed by atoms with E-state index in [1.807, 2.05) is 0 Å². The molecule has 0 saturated carbocycles. The Hall–Kier alpha value is -1.54. The van der Waals surface area contributed by atoms with Gasteiger partial charge in [-0.2, -0.15) is 11.8 Å². The molecule has 0 radical (unpaired) electrons. The highest BCUT2D eigenvalue weighted by molar-refractivity contribution is 7.99. The van der Waals surface area contributed by atoms with Crippen LogP contribution in [0.3, 0.4) is 0 Å². The number of carboxylic acid groups (broad SMARTS) is 1. The largest absolute Gasteiger partial charge is 0.480 e. The Morgan fingerprint density at radius 2 is 2.24 bits per heavy atom. The van der Waals surface area contributed by atoms with Gasteiger partial charge in [0.1, 0.15) is 12.1 Å². The number of carboxylic acids is 1. The third-order valence-electron chi connectivity index (χ3n) is 3.16. The second-order valence-corrected chi connectivity index (χ2v) is 6.73. The number of carbonyl (C=O) groups is 3. The first kappa shape index (κ1) is 15.8. The second-order valence-electron chi connectivity index (χ2n) is 4.63. The lowest BCUT2D eigenvalue weighted by Gasteiger charge is -2.34. The van der Waals surface area contributed by atoms with Gasteiger partial charge in [0.25, 0.3) is 5.91 Å². The summed E-state index contributed by atoms with van der Waals surface area (Å²) in [5.74, 6) is -0.586. The SMILES string of the molecule is CC(NC(=O)c1cccs1)C(=O)N1CCSCC1C(=O)O. The summed E-state index contributed by atoms with van der Waals surface area (Å²) >= 11 is 2.81. The summed E-state index contributed by atoms with van der Waals surface area (Å²) in [6.07, 6.45) is 0. The van der Waals surface area contributed by atoms with Crippen LogP contribution >= 0.6 is 23.1 Å². The zero-order valence-corrected chi connectivity index (χ0v) is 13.1. The van der Waals surface area contributed by atoms with Crippen LogP contribution in [0.25, 0.3) is 0 Å². The van der Waals surface area contributed by atoms with E-state index in [0.717, 1.165) is 0 Å². The molecule has 2 atom stereocenters. The number of carbonyl (C=O) groups excluding carboxylic acids is 2. The Morgan fingerprint density at radius 1 is 1.48 bits per heavy atom. The topological polar surface area (TPSA) is 86.7 Å². The predicted molar refractivity (Wildman–Crippen MR) is 81.7 cm³/mol. The Bertz CT molecular complexity index is 532. The van der Waals surface area contributed by atoms with Gasteiger partial charge in [0.15, 0.2) is 0 Å². The third-order valence-corrected chi connectivity index (χ3v) is 5.05. The molecule has 1 fully saturated rings. The van der Waals surface area contributed by atoms with Crippen LogP contribution in [0.4, 0.5) is 0 Å². The smallest absolute Gasteiger partial charge is 0.327 e. The minimum absolute atomic E-state index is 0.316. The Balaban J connectivity index is 2.00. The van der Waals surface area contributed by atoms with E-state index in [9.17, 15) is 19.5 Å². The first-order chi connectivity index (χ1) is 10.0. The summed E-state index contributed by atoms with van der Waals surface area (Å²) in [5, 5.41) is 13.6. The molecule has 114 valence electrons. The van der Waals surface area contributed by atoms with Crippen molar-refractivity contribution in [1.29, 1.82) is 0 Å². The highest BCUT2D eigenvalue weighted by atomic mass is 32.2. The summed E-state index contributed by atoms with van der Waals surface area (Å²) in [4.78, 5) is 37.4. The molecule has 6 nitrogen and oxygen atoms in total. The fourth-order valence-electron chi connectivity index (χ4n) is 2.06. The van der Waals surface area contributed by atoms with Gasteiger partial charge in [0.05, 0.1) is 4.88 Å². The number of thiophene rings is 1. The predicted octanol–water partition coefficient (Wildman–Crippen LogP) is 0.895. The van der Waals surface area contributed by atoms with E-state index in [1.54, 1.807) is 24.4 Å². The van der Waals surface area contributed by atoms with Crippen molar-refractivity contribution in [2.24, 2.45) is 0 Å². The Kier molecular flexibility index (Phi) is 5.24. The molecule has 2 heterocycles. The minimum atomic E-state index is -1.01. The first-order valence-corrected chi connectivity index (χ1v) is 8.49. The molecule has 8 heteroatoms. The molecule has 2 N–H and O–H groups in total. The molecule has 1 aromatic heterocycles. The molecule has 2 unspecified atom stereocenters. The summed E-state index contributed by atoms with van der Waals surface area (Å²) in [6.45, 7) is 1.97. The van der Waals surface area contributed by atoms with Crippen molar-refractivity contribution >= 4 is 40.9 Å². The van der Waals surface area contributed by atoms with E-state index in [1.165, 1.54) is 28.0 Å². The van der Waals surface area contributed by atoms with E-state index in [4.69, 9.17) is 0 Å². The number of nitrogens with one attached hydrogen (secondary N) is 1. The molecular formula is C13H16N2O4S2. The number of rotatable bonds is 4. The van der Waals surface area contributed by atoms with Crippen LogP contribution in [0.1, 0.15) is 16.6 Å². The van der Waals surface area contributed by atoms with Crippen molar-refractivity contribution in [3.8, 4) is 0 Å². The van der Waals surface area contributed by atoms with Gasteiger partial charge in [-0.3, -0.25) is 9.59 Å². The maximum absolute atomic E-state index is 12.4. The van der Waals surface area contributed by atoms with Gasteiger partial charge < -0.3 is 15.3 Å². The summed E-state index contributed by atoms with van der Waals surface area (Å²) in [5.41, 5.74) is 0. The van der Waals surface area contributed by atoms with Gasteiger partial charge in [-0.15, -0.1) is 11.3 Å². The average Bonchev–Trinajstić information content (AvgIpc) is 3.00. The molecule has 2 rings (SSSR count). The van der Waals surface area contributed by atoms with E-state index < -0.39 is 18.1 Å². The van der Waals surface area contributed by atoms with Crippen molar-refractivity contribution in [2.45, 2.75) is 19.0 Å². The number of amides is 2. The molecule has 1 saturated heterocycles. The highest BCUT2D eigenvalue weighted by Gasteiger charge is 2.34. The average molecular weight is 328 g/mol. The zero-order chi connectivity index (χ0) is 15.4. The van der Waals surface area contributed by atoms with Gasteiger partial charge in [-0.1, -0.05) is 6.07 Å². The highest BCUT2D eigenvalue weighted by Crippen LogP contribution is 2.18. The van der Waals surface area contributed by atoms with Gasteiger partial charge in [-0.05, 0) is 18.4 Å². The quantitative estimate of drug-likeness (QED) is 0.857. The van der Waals surface area contributed by atoms with E-state index in [-0.39, 0.29) is 11.8 Å². The molecule has 0 spiro atoms. The fraction of sp³-hybridized carbons (Fsp3) is 0.462.